The Labute approximate surface area is 115 Å². The van der Waals surface area contributed by atoms with E-state index in [1.807, 2.05) is 24.0 Å². The second kappa shape index (κ2) is 6.15. The minimum Gasteiger partial charge on any atom is -0.333 e. The summed E-state index contributed by atoms with van der Waals surface area (Å²) in [5, 5.41) is 0. The van der Waals surface area contributed by atoms with Crippen LogP contribution in [0.25, 0.3) is 0 Å². The molecule has 2 N–H and O–H groups in total. The second-order valence-electron chi connectivity index (χ2n) is 5.35. The molecule has 0 saturated carbocycles. The number of nitrogens with zero attached hydrogens (tertiary/aromatic N) is 2. The summed E-state index contributed by atoms with van der Waals surface area (Å²) in [7, 11) is 0. The van der Waals surface area contributed by atoms with Crippen molar-refractivity contribution in [2.45, 2.75) is 39.2 Å². The van der Waals surface area contributed by atoms with Crippen molar-refractivity contribution in [3.8, 4) is 0 Å². The largest absolute Gasteiger partial charge is 0.333 e. The summed E-state index contributed by atoms with van der Waals surface area (Å²) in [4.78, 5) is 18.8. The van der Waals surface area contributed by atoms with E-state index in [2.05, 4.69) is 11.9 Å². The smallest absolute Gasteiger partial charge is 0.272 e. The van der Waals surface area contributed by atoms with Crippen LogP contribution < -0.4 is 5.73 Å². The number of pyridine rings is 1. The molecular formula is C15H23N3O. The fraction of sp³-hybridized carbons (Fsp3) is 0.600. The van der Waals surface area contributed by atoms with Gasteiger partial charge in [0.2, 0.25) is 0 Å². The highest BCUT2D eigenvalue weighted by Gasteiger charge is 2.30. The number of nitrogens with two attached hydrogens (primary N) is 1. The van der Waals surface area contributed by atoms with Gasteiger partial charge in [0.25, 0.3) is 5.91 Å². The van der Waals surface area contributed by atoms with Crippen LogP contribution in [0.1, 0.15) is 42.4 Å². The molecule has 2 rings (SSSR count). The summed E-state index contributed by atoms with van der Waals surface area (Å²) < 4.78 is 0. The molecule has 0 bridgehead atoms. The van der Waals surface area contributed by atoms with Gasteiger partial charge in [0, 0.05) is 24.8 Å². The number of piperidine rings is 1. The zero-order valence-electron chi connectivity index (χ0n) is 11.8. The molecular weight excluding hydrogens is 238 g/mol. The molecule has 4 heteroatoms. The van der Waals surface area contributed by atoms with Gasteiger partial charge in [-0.1, -0.05) is 19.4 Å². The zero-order valence-corrected chi connectivity index (χ0v) is 11.8. The van der Waals surface area contributed by atoms with Crippen LogP contribution in [0.15, 0.2) is 18.2 Å². The first kappa shape index (κ1) is 14.0. The Balaban J connectivity index is 2.14. The number of hydrogen-bond acceptors (Lipinski definition) is 3. The predicted octanol–water partition coefficient (Wildman–Crippen LogP) is 1.98. The van der Waals surface area contributed by atoms with Gasteiger partial charge in [-0.25, -0.2) is 4.98 Å². The third kappa shape index (κ3) is 3.13. The fourth-order valence-electron chi connectivity index (χ4n) is 2.81. The van der Waals surface area contributed by atoms with Crippen molar-refractivity contribution < 1.29 is 4.79 Å². The van der Waals surface area contributed by atoms with E-state index in [4.69, 9.17) is 5.73 Å². The lowest BCUT2D eigenvalue weighted by molar-refractivity contribution is 0.0552. The topological polar surface area (TPSA) is 59.2 Å². The standard InChI is InChI=1S/C15H23N3O/c1-3-12-7-8-18(13(9-12)10-16)15(19)14-6-4-5-11(2)17-14/h4-6,12-13H,3,7-10,16H2,1-2H3. The molecule has 0 spiro atoms. The van der Waals surface area contributed by atoms with Gasteiger partial charge in [-0.2, -0.15) is 0 Å². The molecule has 0 radical (unpaired) electrons. The molecule has 1 aliphatic heterocycles. The van der Waals surface area contributed by atoms with Crippen LogP contribution in [0.4, 0.5) is 0 Å². The van der Waals surface area contributed by atoms with Crippen LogP contribution in [0.2, 0.25) is 0 Å². The maximum absolute atomic E-state index is 12.5. The second-order valence-corrected chi connectivity index (χ2v) is 5.35. The summed E-state index contributed by atoms with van der Waals surface area (Å²) in [6.07, 6.45) is 3.26. The summed E-state index contributed by atoms with van der Waals surface area (Å²) in [6, 6.07) is 5.73. The lowest BCUT2D eigenvalue weighted by Gasteiger charge is -2.38. The Kier molecular flexibility index (Phi) is 4.53. The minimum atomic E-state index is 0.0219. The number of amides is 1. The lowest BCUT2D eigenvalue weighted by atomic mass is 9.88. The van der Waals surface area contributed by atoms with Crippen molar-refractivity contribution in [2.24, 2.45) is 11.7 Å². The van der Waals surface area contributed by atoms with Crippen LogP contribution in [-0.2, 0) is 0 Å². The third-order valence-corrected chi connectivity index (χ3v) is 4.04. The van der Waals surface area contributed by atoms with Crippen LogP contribution in [0.3, 0.4) is 0 Å². The van der Waals surface area contributed by atoms with Crippen molar-refractivity contribution in [2.75, 3.05) is 13.1 Å². The molecule has 2 heterocycles. The maximum atomic E-state index is 12.5. The van der Waals surface area contributed by atoms with Crippen molar-refractivity contribution in [1.29, 1.82) is 0 Å². The van der Waals surface area contributed by atoms with Gasteiger partial charge in [0.1, 0.15) is 5.69 Å². The Morgan fingerprint density at radius 2 is 2.32 bits per heavy atom. The molecule has 19 heavy (non-hydrogen) atoms. The minimum absolute atomic E-state index is 0.0219. The van der Waals surface area contributed by atoms with Crippen molar-refractivity contribution in [1.82, 2.24) is 9.88 Å². The average Bonchev–Trinajstić information content (AvgIpc) is 2.45. The maximum Gasteiger partial charge on any atom is 0.272 e. The van der Waals surface area contributed by atoms with Crippen LogP contribution in [0.5, 0.6) is 0 Å². The van der Waals surface area contributed by atoms with Gasteiger partial charge < -0.3 is 10.6 Å². The van der Waals surface area contributed by atoms with Crippen molar-refractivity contribution >= 4 is 5.91 Å². The number of carbonyl (C=O) groups is 1. The van der Waals surface area contributed by atoms with E-state index in [0.717, 1.165) is 25.1 Å². The molecule has 104 valence electrons. The van der Waals surface area contributed by atoms with Gasteiger partial charge in [-0.05, 0) is 37.8 Å². The Bertz CT molecular complexity index is 447. The highest BCUT2D eigenvalue weighted by atomic mass is 16.2. The van der Waals surface area contributed by atoms with E-state index < -0.39 is 0 Å². The zero-order chi connectivity index (χ0) is 13.8. The number of hydrogen-bond donors (Lipinski definition) is 1. The molecule has 1 saturated heterocycles. The lowest BCUT2D eigenvalue weighted by Crippen LogP contribution is -2.49. The van der Waals surface area contributed by atoms with E-state index in [-0.39, 0.29) is 11.9 Å². The normalized spacial score (nSPS) is 23.4. The number of likely N-dealkylation sites (tertiary alicyclic amines) is 1. The summed E-state index contributed by atoms with van der Waals surface area (Å²) in [5.74, 6) is 0.719. The molecule has 2 unspecified atom stereocenters. The van der Waals surface area contributed by atoms with Gasteiger partial charge in [-0.3, -0.25) is 4.79 Å². The first-order valence-electron chi connectivity index (χ1n) is 7.10. The third-order valence-electron chi connectivity index (χ3n) is 4.04. The summed E-state index contributed by atoms with van der Waals surface area (Å²) >= 11 is 0. The SMILES string of the molecule is CCC1CCN(C(=O)c2cccc(C)n2)C(CN)C1. The van der Waals surface area contributed by atoms with Crippen LogP contribution >= 0.6 is 0 Å². The van der Waals surface area contributed by atoms with Crippen molar-refractivity contribution in [3.63, 3.8) is 0 Å². The monoisotopic (exact) mass is 261 g/mol. The number of aromatic nitrogens is 1. The van der Waals surface area contributed by atoms with Gasteiger partial charge in [0.15, 0.2) is 0 Å². The van der Waals surface area contributed by atoms with Crippen LogP contribution in [0, 0.1) is 12.8 Å². The number of carbonyl (C=O) groups excluding carboxylic acids is 1. The van der Waals surface area contributed by atoms with Gasteiger partial charge in [-0.15, -0.1) is 0 Å². The Morgan fingerprint density at radius 3 is 2.95 bits per heavy atom. The number of rotatable bonds is 3. The molecule has 1 aromatic heterocycles. The highest BCUT2D eigenvalue weighted by molar-refractivity contribution is 5.92. The van der Waals surface area contributed by atoms with Gasteiger partial charge in [0.05, 0.1) is 0 Å². The quantitative estimate of drug-likeness (QED) is 0.905. The molecule has 1 fully saturated rings. The highest BCUT2D eigenvalue weighted by Crippen LogP contribution is 2.25. The van der Waals surface area contributed by atoms with Crippen molar-refractivity contribution in [3.05, 3.63) is 29.6 Å². The van der Waals surface area contributed by atoms with E-state index in [1.54, 1.807) is 6.07 Å². The molecule has 2 atom stereocenters. The van der Waals surface area contributed by atoms with E-state index in [1.165, 1.54) is 6.42 Å². The summed E-state index contributed by atoms with van der Waals surface area (Å²) in [5.41, 5.74) is 7.25. The Hall–Kier alpha value is -1.42. The summed E-state index contributed by atoms with van der Waals surface area (Å²) in [6.45, 7) is 5.45. The fourth-order valence-corrected chi connectivity index (χ4v) is 2.81. The molecule has 4 nitrogen and oxygen atoms in total. The van der Waals surface area contributed by atoms with E-state index in [0.29, 0.717) is 18.2 Å². The average molecular weight is 261 g/mol. The molecule has 0 aromatic carbocycles. The molecule has 1 amide bonds. The number of aryl methyl sites for hydroxylation is 1. The van der Waals surface area contributed by atoms with E-state index >= 15 is 0 Å². The van der Waals surface area contributed by atoms with E-state index in [9.17, 15) is 4.79 Å². The van der Waals surface area contributed by atoms with Crippen LogP contribution in [-0.4, -0.2) is 34.9 Å². The first-order valence-corrected chi connectivity index (χ1v) is 7.10. The first-order chi connectivity index (χ1) is 9.15. The predicted molar refractivity (Wildman–Crippen MR) is 75.9 cm³/mol. The van der Waals surface area contributed by atoms with Gasteiger partial charge >= 0.3 is 0 Å². The molecule has 0 aliphatic carbocycles. The Morgan fingerprint density at radius 1 is 1.53 bits per heavy atom. The molecule has 1 aromatic rings. The molecule has 1 aliphatic rings.